The summed E-state index contributed by atoms with van der Waals surface area (Å²) in [5.74, 6) is 1.05. The number of aromatic nitrogens is 1. The smallest absolute Gasteiger partial charge is 0.343 e. The van der Waals surface area contributed by atoms with E-state index in [1.165, 1.54) is 0 Å². The van der Waals surface area contributed by atoms with Gasteiger partial charge in [0.25, 0.3) is 0 Å². The Balaban J connectivity index is 1.46. The van der Waals surface area contributed by atoms with E-state index in [2.05, 4.69) is 22.5 Å². The summed E-state index contributed by atoms with van der Waals surface area (Å²) in [6.45, 7) is 5.92. The van der Waals surface area contributed by atoms with Gasteiger partial charge in [0, 0.05) is 23.7 Å². The maximum atomic E-state index is 13.8. The average Bonchev–Trinajstić information content (AvgIpc) is 2.95. The molecular weight excluding hydrogens is 464 g/mol. The van der Waals surface area contributed by atoms with Crippen molar-refractivity contribution < 1.29 is 19.4 Å². The first-order valence-corrected chi connectivity index (χ1v) is 12.8. The van der Waals surface area contributed by atoms with Crippen LogP contribution in [-0.4, -0.2) is 47.2 Å². The van der Waals surface area contributed by atoms with Crippen molar-refractivity contribution in [1.82, 2.24) is 9.88 Å². The first-order valence-electron chi connectivity index (χ1n) is 12.8. The number of benzene rings is 3. The monoisotopic (exact) mass is 494 g/mol. The molecule has 7 rings (SSSR count). The van der Waals surface area contributed by atoms with E-state index >= 15 is 0 Å². The van der Waals surface area contributed by atoms with E-state index in [-0.39, 0.29) is 17.4 Å². The normalized spacial score (nSPS) is 23.6. The number of carbonyl (C=O) groups is 1. The molecule has 0 spiro atoms. The van der Waals surface area contributed by atoms with E-state index in [4.69, 9.17) is 9.47 Å². The Labute approximate surface area is 216 Å². The van der Waals surface area contributed by atoms with Crippen molar-refractivity contribution in [2.24, 2.45) is 11.8 Å². The summed E-state index contributed by atoms with van der Waals surface area (Å²) in [7, 11) is 1.64. The number of aromatic hydroxyl groups is 1. The van der Waals surface area contributed by atoms with Crippen molar-refractivity contribution in [3.8, 4) is 11.5 Å². The predicted molar refractivity (Wildman–Crippen MR) is 144 cm³/mol. The highest BCUT2D eigenvalue weighted by Crippen LogP contribution is 2.44. The third-order valence-corrected chi connectivity index (χ3v) is 8.14. The van der Waals surface area contributed by atoms with E-state index in [1.807, 2.05) is 54.6 Å². The topological polar surface area (TPSA) is 71.9 Å². The molecule has 3 aromatic carbocycles. The van der Waals surface area contributed by atoms with Gasteiger partial charge in [-0.2, -0.15) is 0 Å². The van der Waals surface area contributed by atoms with Crippen LogP contribution in [0.25, 0.3) is 21.7 Å². The van der Waals surface area contributed by atoms with Gasteiger partial charge in [-0.1, -0.05) is 36.4 Å². The fourth-order valence-corrected chi connectivity index (χ4v) is 6.21. The third kappa shape index (κ3) is 4.11. The second kappa shape index (κ2) is 9.52. The number of phenolic OH excluding ortho intramolecular Hbond substituents is 1. The van der Waals surface area contributed by atoms with E-state index in [0.29, 0.717) is 17.2 Å². The van der Waals surface area contributed by atoms with Crippen molar-refractivity contribution in [1.29, 1.82) is 0 Å². The van der Waals surface area contributed by atoms with Crippen LogP contribution in [0.5, 0.6) is 11.5 Å². The van der Waals surface area contributed by atoms with Gasteiger partial charge in [0.2, 0.25) is 0 Å². The number of methoxy groups -OCH3 is 1. The lowest BCUT2D eigenvalue weighted by Gasteiger charge is -2.51. The van der Waals surface area contributed by atoms with E-state index < -0.39 is 12.1 Å². The van der Waals surface area contributed by atoms with Crippen LogP contribution in [0, 0.1) is 11.8 Å². The molecule has 3 aliphatic rings. The molecule has 0 radical (unpaired) electrons. The largest absolute Gasteiger partial charge is 0.507 e. The van der Waals surface area contributed by atoms with Crippen LogP contribution in [0.2, 0.25) is 0 Å². The number of piperidine rings is 3. The molecule has 1 unspecified atom stereocenters. The van der Waals surface area contributed by atoms with Crippen molar-refractivity contribution in [3.05, 3.63) is 90.6 Å². The lowest BCUT2D eigenvalue weighted by atomic mass is 9.73. The van der Waals surface area contributed by atoms with E-state index in [0.717, 1.165) is 53.5 Å². The van der Waals surface area contributed by atoms with Crippen LogP contribution in [0.15, 0.2) is 79.5 Å². The number of hydrogen-bond donors (Lipinski definition) is 1. The number of nitrogens with zero attached hydrogens (tertiary/aromatic N) is 2. The molecule has 0 aliphatic carbocycles. The predicted octanol–water partition coefficient (Wildman–Crippen LogP) is 5.90. The third-order valence-electron chi connectivity index (χ3n) is 8.14. The lowest BCUT2D eigenvalue weighted by molar-refractivity contribution is -0.0568. The average molecular weight is 495 g/mol. The summed E-state index contributed by atoms with van der Waals surface area (Å²) >= 11 is 0. The number of phenols is 1. The Morgan fingerprint density at radius 2 is 2.03 bits per heavy atom. The van der Waals surface area contributed by atoms with Gasteiger partial charge in [0.15, 0.2) is 0 Å². The Kier molecular flexibility index (Phi) is 6.05. The maximum Gasteiger partial charge on any atom is 0.343 e. The van der Waals surface area contributed by atoms with E-state index in [1.54, 1.807) is 19.4 Å². The fourth-order valence-electron chi connectivity index (χ4n) is 6.21. The summed E-state index contributed by atoms with van der Waals surface area (Å²) < 4.78 is 11.9. The molecule has 1 N–H and O–H groups in total. The SMILES string of the molecule is C=C[C@H]1CN2CC[C@H]1C[C@@H]2[C@@H](OC(=O)c1c(O)ccc2ccccc12)c1ccnc2ccc(OC)cc12. The van der Waals surface area contributed by atoms with Crippen LogP contribution in [0.3, 0.4) is 0 Å². The summed E-state index contributed by atoms with van der Waals surface area (Å²) in [6.07, 6.45) is 5.31. The second-order valence-electron chi connectivity index (χ2n) is 10.0. The molecule has 4 heterocycles. The second-order valence-corrected chi connectivity index (χ2v) is 10.0. The molecule has 3 fully saturated rings. The highest BCUT2D eigenvalue weighted by molar-refractivity contribution is 6.07. The number of hydrogen-bond acceptors (Lipinski definition) is 6. The van der Waals surface area contributed by atoms with Gasteiger partial charge in [-0.15, -0.1) is 6.58 Å². The quantitative estimate of drug-likeness (QED) is 0.266. The summed E-state index contributed by atoms with van der Waals surface area (Å²) in [5.41, 5.74) is 1.90. The Morgan fingerprint density at radius 1 is 1.16 bits per heavy atom. The zero-order chi connectivity index (χ0) is 25.5. The highest BCUT2D eigenvalue weighted by Gasteiger charge is 2.44. The van der Waals surface area contributed by atoms with Crippen molar-refractivity contribution in [2.75, 3.05) is 20.2 Å². The van der Waals surface area contributed by atoms with Crippen LogP contribution < -0.4 is 4.74 Å². The molecule has 5 atom stereocenters. The standard InChI is InChI=1S/C31H30N2O4/c1-3-19-18-33-15-13-21(19)16-27(33)30(24-12-14-32-26-10-9-22(36-2)17-25(24)26)37-31(35)29-23-7-5-4-6-20(23)8-11-28(29)34/h3-12,14,17,19,21,27,30,34H,1,13,15-16,18H2,2H3/t19-,21-,27+,30-/m0/s1. The molecule has 37 heavy (non-hydrogen) atoms. The van der Waals surface area contributed by atoms with Crippen molar-refractivity contribution in [3.63, 3.8) is 0 Å². The van der Waals surface area contributed by atoms with E-state index in [9.17, 15) is 9.90 Å². The fraction of sp³-hybridized carbons (Fsp3) is 0.290. The van der Waals surface area contributed by atoms with Gasteiger partial charge in [0.05, 0.1) is 18.7 Å². The van der Waals surface area contributed by atoms with Gasteiger partial charge < -0.3 is 14.6 Å². The number of ether oxygens (including phenoxy) is 2. The minimum atomic E-state index is -0.544. The molecule has 4 aromatic rings. The van der Waals surface area contributed by atoms with Gasteiger partial charge in [0.1, 0.15) is 23.2 Å². The van der Waals surface area contributed by atoms with Crippen LogP contribution in [-0.2, 0) is 4.74 Å². The lowest BCUT2D eigenvalue weighted by Crippen LogP contribution is -2.55. The molecule has 6 heteroatoms. The Hall–Kier alpha value is -3.90. The number of carbonyl (C=O) groups excluding carboxylic acids is 1. The van der Waals surface area contributed by atoms with Crippen LogP contribution in [0.4, 0.5) is 0 Å². The van der Waals surface area contributed by atoms with Gasteiger partial charge in [-0.3, -0.25) is 9.88 Å². The zero-order valence-electron chi connectivity index (χ0n) is 20.8. The molecule has 3 aliphatic heterocycles. The molecule has 0 saturated carbocycles. The number of esters is 1. The van der Waals surface area contributed by atoms with Gasteiger partial charge in [-0.05, 0) is 72.3 Å². The number of pyridine rings is 1. The minimum absolute atomic E-state index is 0.00724. The number of rotatable bonds is 6. The van der Waals surface area contributed by atoms with Crippen molar-refractivity contribution in [2.45, 2.75) is 25.0 Å². The molecule has 6 nitrogen and oxygen atoms in total. The summed E-state index contributed by atoms with van der Waals surface area (Å²) in [6, 6.07) is 18.6. The Bertz CT molecular complexity index is 1500. The van der Waals surface area contributed by atoms with Crippen molar-refractivity contribution >= 4 is 27.6 Å². The molecule has 1 aromatic heterocycles. The number of fused-ring (bicyclic) bond motifs is 5. The zero-order valence-corrected chi connectivity index (χ0v) is 20.8. The molecule has 3 saturated heterocycles. The molecule has 2 bridgehead atoms. The maximum absolute atomic E-state index is 13.8. The highest BCUT2D eigenvalue weighted by atomic mass is 16.5. The van der Waals surface area contributed by atoms with Gasteiger partial charge in [-0.25, -0.2) is 4.79 Å². The van der Waals surface area contributed by atoms with Crippen LogP contribution >= 0.6 is 0 Å². The summed E-state index contributed by atoms with van der Waals surface area (Å²) in [5, 5.41) is 13.2. The summed E-state index contributed by atoms with van der Waals surface area (Å²) in [4.78, 5) is 20.8. The molecule has 188 valence electrons. The molecular formula is C31H30N2O4. The van der Waals surface area contributed by atoms with Gasteiger partial charge >= 0.3 is 5.97 Å². The first kappa shape index (κ1) is 23.5. The Morgan fingerprint density at radius 3 is 2.81 bits per heavy atom. The minimum Gasteiger partial charge on any atom is -0.507 e. The molecule has 0 amide bonds. The van der Waals surface area contributed by atoms with Crippen LogP contribution in [0.1, 0.15) is 34.9 Å². The first-order chi connectivity index (χ1) is 18.1.